The summed E-state index contributed by atoms with van der Waals surface area (Å²) in [7, 11) is -1.70. The number of nitrogens with one attached hydrogen (secondary N) is 1. The van der Waals surface area contributed by atoms with Crippen molar-refractivity contribution in [3.8, 4) is 5.75 Å². The Labute approximate surface area is 103 Å². The first-order chi connectivity index (χ1) is 7.94. The number of rotatable bonds is 6. The van der Waals surface area contributed by atoms with Gasteiger partial charge in [0.2, 0.25) is 10.0 Å². The lowest BCUT2D eigenvalue weighted by molar-refractivity contribution is 0.315. The van der Waals surface area contributed by atoms with E-state index < -0.39 is 10.0 Å². The van der Waals surface area contributed by atoms with E-state index in [2.05, 4.69) is 4.72 Å². The highest BCUT2D eigenvalue weighted by Crippen LogP contribution is 2.18. The van der Waals surface area contributed by atoms with E-state index in [4.69, 9.17) is 4.74 Å². The summed E-state index contributed by atoms with van der Waals surface area (Å²) in [5, 5.41) is 0. The maximum Gasteiger partial charge on any atom is 0.211 e. The first-order valence-corrected chi connectivity index (χ1v) is 7.21. The topological polar surface area (TPSA) is 55.4 Å². The van der Waals surface area contributed by atoms with Crippen molar-refractivity contribution in [2.24, 2.45) is 0 Å². The van der Waals surface area contributed by atoms with Gasteiger partial charge in [0.1, 0.15) is 5.75 Å². The van der Waals surface area contributed by atoms with Crippen LogP contribution >= 0.6 is 0 Å². The predicted molar refractivity (Wildman–Crippen MR) is 68.9 cm³/mol. The monoisotopic (exact) mass is 257 g/mol. The van der Waals surface area contributed by atoms with Crippen molar-refractivity contribution in [3.05, 3.63) is 29.3 Å². The zero-order valence-corrected chi connectivity index (χ0v) is 11.3. The Morgan fingerprint density at radius 3 is 2.59 bits per heavy atom. The summed E-state index contributed by atoms with van der Waals surface area (Å²) in [5.41, 5.74) is 2.26. The lowest BCUT2D eigenvalue weighted by Gasteiger charge is -2.09. The normalized spacial score (nSPS) is 11.5. The van der Waals surface area contributed by atoms with E-state index in [9.17, 15) is 8.42 Å². The molecule has 0 aromatic heterocycles. The van der Waals surface area contributed by atoms with Crippen molar-refractivity contribution in [2.45, 2.75) is 20.3 Å². The molecule has 0 atom stereocenters. The van der Waals surface area contributed by atoms with Crippen LogP contribution in [-0.2, 0) is 10.0 Å². The highest BCUT2D eigenvalue weighted by molar-refractivity contribution is 7.89. The maximum atomic E-state index is 11.2. The average molecular weight is 257 g/mol. The van der Waals surface area contributed by atoms with Crippen molar-refractivity contribution >= 4 is 10.0 Å². The van der Waals surface area contributed by atoms with Gasteiger partial charge in [0.15, 0.2) is 0 Å². The summed E-state index contributed by atoms with van der Waals surface area (Å²) >= 11 is 0. The first-order valence-electron chi connectivity index (χ1n) is 5.56. The van der Waals surface area contributed by atoms with Crippen LogP contribution in [0.3, 0.4) is 0 Å². The van der Waals surface area contributed by atoms with E-state index >= 15 is 0 Å². The molecule has 4 nitrogen and oxygen atoms in total. The van der Waals surface area contributed by atoms with Crippen LogP contribution in [0.15, 0.2) is 18.2 Å². The van der Waals surface area contributed by atoms with Gasteiger partial charge in [-0.25, -0.2) is 13.1 Å². The lowest BCUT2D eigenvalue weighted by atomic mass is 10.1. The van der Waals surface area contributed by atoms with Gasteiger partial charge in [-0.15, -0.1) is 0 Å². The smallest absolute Gasteiger partial charge is 0.211 e. The quantitative estimate of drug-likeness (QED) is 0.788. The van der Waals surface area contributed by atoms with Crippen LogP contribution < -0.4 is 9.46 Å². The minimum Gasteiger partial charge on any atom is -0.493 e. The molecular weight excluding hydrogens is 238 g/mol. The van der Waals surface area contributed by atoms with Crippen LogP contribution in [0, 0.1) is 13.8 Å². The molecule has 5 heteroatoms. The Balaban J connectivity index is 2.41. The summed E-state index contributed by atoms with van der Waals surface area (Å²) in [4.78, 5) is 0. The molecule has 0 bridgehead atoms. The zero-order valence-electron chi connectivity index (χ0n) is 10.5. The number of hydrogen-bond acceptors (Lipinski definition) is 3. The fourth-order valence-corrected chi connectivity index (χ4v) is 2.20. The first kappa shape index (κ1) is 14.0. The Hall–Kier alpha value is -1.07. The molecule has 0 radical (unpaired) electrons. The molecule has 0 saturated carbocycles. The van der Waals surface area contributed by atoms with Crippen molar-refractivity contribution in [1.82, 2.24) is 4.72 Å². The van der Waals surface area contributed by atoms with Gasteiger partial charge in [0, 0.05) is 0 Å². The third kappa shape index (κ3) is 4.75. The fraction of sp³-hybridized carbons (Fsp3) is 0.500. The second-order valence-corrected chi connectivity index (χ2v) is 6.04. The standard InChI is InChI=1S/C12H19NO3S/c1-10-5-6-12(11(2)9-10)16-7-4-8-17(14,15)13-3/h5-6,9,13H,4,7-8H2,1-3H3. The molecule has 0 fully saturated rings. The summed E-state index contributed by atoms with van der Waals surface area (Å²) < 4.78 is 30.1. The molecule has 0 aliphatic carbocycles. The maximum absolute atomic E-state index is 11.2. The van der Waals surface area contributed by atoms with Crippen molar-refractivity contribution in [2.75, 3.05) is 19.4 Å². The van der Waals surface area contributed by atoms with E-state index in [0.717, 1.165) is 11.3 Å². The second kappa shape index (κ2) is 6.02. The third-order valence-corrected chi connectivity index (χ3v) is 3.90. The van der Waals surface area contributed by atoms with Crippen LogP contribution in [0.1, 0.15) is 17.5 Å². The molecule has 0 aliphatic heterocycles. The van der Waals surface area contributed by atoms with Gasteiger partial charge in [-0.3, -0.25) is 0 Å². The van der Waals surface area contributed by atoms with Crippen LogP contribution in [-0.4, -0.2) is 27.8 Å². The van der Waals surface area contributed by atoms with Gasteiger partial charge < -0.3 is 4.74 Å². The molecule has 0 amide bonds. The summed E-state index contributed by atoms with van der Waals surface area (Å²) in [5.74, 6) is 0.909. The van der Waals surface area contributed by atoms with E-state index in [1.165, 1.54) is 12.6 Å². The molecule has 0 unspecified atom stereocenters. The number of aryl methyl sites for hydroxylation is 2. The molecule has 1 N–H and O–H groups in total. The third-order valence-electron chi connectivity index (χ3n) is 2.46. The molecule has 0 spiro atoms. The molecule has 0 heterocycles. The largest absolute Gasteiger partial charge is 0.493 e. The molecule has 1 aromatic carbocycles. The Bertz CT molecular complexity index is 469. The van der Waals surface area contributed by atoms with Gasteiger partial charge in [-0.2, -0.15) is 0 Å². The Kier molecular flexibility index (Phi) is 4.96. The highest BCUT2D eigenvalue weighted by atomic mass is 32.2. The minimum atomic E-state index is -3.12. The summed E-state index contributed by atoms with van der Waals surface area (Å²) in [6.45, 7) is 4.41. The molecular formula is C12H19NO3S. The van der Waals surface area contributed by atoms with E-state index in [1.807, 2.05) is 32.0 Å². The van der Waals surface area contributed by atoms with Crippen LogP contribution in [0.25, 0.3) is 0 Å². The van der Waals surface area contributed by atoms with E-state index in [1.54, 1.807) is 0 Å². The summed E-state index contributed by atoms with van der Waals surface area (Å²) in [6.07, 6.45) is 0.483. The molecule has 0 aliphatic rings. The molecule has 96 valence electrons. The van der Waals surface area contributed by atoms with Crippen LogP contribution in [0.5, 0.6) is 5.75 Å². The van der Waals surface area contributed by atoms with Crippen molar-refractivity contribution < 1.29 is 13.2 Å². The number of sulfonamides is 1. The van der Waals surface area contributed by atoms with Gasteiger partial charge in [0.25, 0.3) is 0 Å². The molecule has 1 rings (SSSR count). The van der Waals surface area contributed by atoms with E-state index in [-0.39, 0.29) is 5.75 Å². The number of hydrogen-bond donors (Lipinski definition) is 1. The molecule has 0 saturated heterocycles. The van der Waals surface area contributed by atoms with Gasteiger partial charge >= 0.3 is 0 Å². The summed E-state index contributed by atoms with van der Waals surface area (Å²) in [6, 6.07) is 5.93. The fourth-order valence-electron chi connectivity index (χ4n) is 1.49. The average Bonchev–Trinajstić information content (AvgIpc) is 2.27. The second-order valence-electron chi connectivity index (χ2n) is 3.99. The van der Waals surface area contributed by atoms with Crippen LogP contribution in [0.2, 0.25) is 0 Å². The number of benzene rings is 1. The van der Waals surface area contributed by atoms with Gasteiger partial charge in [-0.05, 0) is 38.9 Å². The lowest BCUT2D eigenvalue weighted by Crippen LogP contribution is -2.23. The van der Waals surface area contributed by atoms with Crippen molar-refractivity contribution in [3.63, 3.8) is 0 Å². The van der Waals surface area contributed by atoms with Crippen molar-refractivity contribution in [1.29, 1.82) is 0 Å². The number of ether oxygens (including phenoxy) is 1. The van der Waals surface area contributed by atoms with Gasteiger partial charge in [-0.1, -0.05) is 17.7 Å². The Morgan fingerprint density at radius 2 is 2.00 bits per heavy atom. The van der Waals surface area contributed by atoms with Crippen LogP contribution in [0.4, 0.5) is 0 Å². The highest BCUT2D eigenvalue weighted by Gasteiger charge is 2.06. The zero-order chi connectivity index (χ0) is 12.9. The molecule has 17 heavy (non-hydrogen) atoms. The SMILES string of the molecule is CNS(=O)(=O)CCCOc1ccc(C)cc1C. The predicted octanol–water partition coefficient (Wildman–Crippen LogP) is 1.62. The molecule has 1 aromatic rings. The minimum absolute atomic E-state index is 0.0917. The van der Waals surface area contributed by atoms with E-state index in [0.29, 0.717) is 13.0 Å². The Morgan fingerprint density at radius 1 is 1.29 bits per heavy atom. The van der Waals surface area contributed by atoms with Gasteiger partial charge in [0.05, 0.1) is 12.4 Å².